The van der Waals surface area contributed by atoms with Crippen LogP contribution in [0.5, 0.6) is 0 Å². The Bertz CT molecular complexity index is 510. The maximum Gasteiger partial charge on any atom is 0.225 e. The molecule has 6 nitrogen and oxygen atoms in total. The summed E-state index contributed by atoms with van der Waals surface area (Å²) in [6.07, 6.45) is 2.73. The number of nitrogens with zero attached hydrogens (tertiary/aromatic N) is 5. The fraction of sp³-hybridized carbons (Fsp3) is 0.643. The van der Waals surface area contributed by atoms with E-state index in [0.29, 0.717) is 6.54 Å². The third kappa shape index (κ3) is 2.60. The van der Waals surface area contributed by atoms with Crippen LogP contribution in [0.25, 0.3) is 0 Å². The van der Waals surface area contributed by atoms with Crippen molar-refractivity contribution in [1.29, 1.82) is 0 Å². The van der Waals surface area contributed by atoms with Crippen molar-refractivity contribution in [3.8, 4) is 0 Å². The molecule has 108 valence electrons. The molecule has 2 aliphatic heterocycles. The van der Waals surface area contributed by atoms with Crippen LogP contribution in [-0.2, 0) is 17.8 Å². The van der Waals surface area contributed by atoms with Crippen LogP contribution in [0.15, 0.2) is 6.20 Å². The Kier molecular flexibility index (Phi) is 3.56. The number of hydrogen-bond donors (Lipinski definition) is 0. The van der Waals surface area contributed by atoms with Crippen LogP contribution in [-0.4, -0.2) is 65.4 Å². The molecule has 1 amide bonds. The monoisotopic (exact) mass is 275 g/mol. The second kappa shape index (κ2) is 5.36. The number of carbonyl (C=O) groups is 1. The molecule has 0 bridgehead atoms. The number of anilines is 1. The van der Waals surface area contributed by atoms with Crippen molar-refractivity contribution in [2.45, 2.75) is 19.9 Å². The van der Waals surface area contributed by atoms with Crippen molar-refractivity contribution in [3.05, 3.63) is 17.5 Å². The average molecular weight is 275 g/mol. The Morgan fingerprint density at radius 1 is 1.20 bits per heavy atom. The van der Waals surface area contributed by atoms with Crippen LogP contribution in [0, 0.1) is 0 Å². The molecule has 0 atom stereocenters. The molecule has 3 heterocycles. The number of fused-ring (bicyclic) bond motifs is 1. The smallest absolute Gasteiger partial charge is 0.225 e. The van der Waals surface area contributed by atoms with E-state index < -0.39 is 0 Å². The van der Waals surface area contributed by atoms with E-state index in [-0.39, 0.29) is 5.91 Å². The predicted molar refractivity (Wildman–Crippen MR) is 76.5 cm³/mol. The maximum atomic E-state index is 11.4. The molecular weight excluding hydrogens is 254 g/mol. The summed E-state index contributed by atoms with van der Waals surface area (Å²) in [5, 5.41) is 0. The third-order valence-electron chi connectivity index (χ3n) is 4.15. The van der Waals surface area contributed by atoms with Gasteiger partial charge in [-0.05, 0) is 7.05 Å². The van der Waals surface area contributed by atoms with Gasteiger partial charge >= 0.3 is 0 Å². The number of rotatable bonds is 1. The van der Waals surface area contributed by atoms with Crippen molar-refractivity contribution in [2.75, 3.05) is 44.7 Å². The van der Waals surface area contributed by atoms with Crippen molar-refractivity contribution < 1.29 is 4.79 Å². The zero-order chi connectivity index (χ0) is 14.1. The second-order valence-electron chi connectivity index (χ2n) is 5.62. The van der Waals surface area contributed by atoms with E-state index in [1.807, 2.05) is 11.1 Å². The zero-order valence-electron chi connectivity index (χ0n) is 12.2. The molecule has 1 saturated heterocycles. The Morgan fingerprint density at radius 2 is 1.95 bits per heavy atom. The van der Waals surface area contributed by atoms with E-state index in [0.717, 1.165) is 56.4 Å². The first kappa shape index (κ1) is 13.3. The average Bonchev–Trinajstić information content (AvgIpc) is 2.47. The first-order chi connectivity index (χ1) is 9.63. The van der Waals surface area contributed by atoms with Gasteiger partial charge in [0, 0.05) is 64.4 Å². The minimum absolute atomic E-state index is 0.124. The van der Waals surface area contributed by atoms with Gasteiger partial charge in [-0.15, -0.1) is 0 Å². The molecule has 1 aromatic heterocycles. The van der Waals surface area contributed by atoms with Crippen LogP contribution < -0.4 is 4.90 Å². The quantitative estimate of drug-likeness (QED) is 0.729. The van der Waals surface area contributed by atoms with E-state index in [1.165, 1.54) is 0 Å². The summed E-state index contributed by atoms with van der Waals surface area (Å²) in [5.74, 6) is 0.965. The lowest BCUT2D eigenvalue weighted by molar-refractivity contribution is -0.129. The Balaban J connectivity index is 1.75. The first-order valence-electron chi connectivity index (χ1n) is 7.17. The Labute approximate surface area is 119 Å². The van der Waals surface area contributed by atoms with Crippen LogP contribution in [0.2, 0.25) is 0 Å². The molecule has 0 aromatic carbocycles. The molecule has 0 spiro atoms. The molecular formula is C14H21N5O. The molecule has 0 saturated carbocycles. The van der Waals surface area contributed by atoms with E-state index in [4.69, 9.17) is 4.98 Å². The molecule has 0 unspecified atom stereocenters. The topological polar surface area (TPSA) is 52.6 Å². The van der Waals surface area contributed by atoms with Gasteiger partial charge < -0.3 is 14.7 Å². The molecule has 0 N–H and O–H groups in total. The first-order valence-corrected chi connectivity index (χ1v) is 7.17. The van der Waals surface area contributed by atoms with Crippen molar-refractivity contribution in [3.63, 3.8) is 0 Å². The molecule has 0 aliphatic carbocycles. The van der Waals surface area contributed by atoms with Gasteiger partial charge in [-0.3, -0.25) is 4.79 Å². The lowest BCUT2D eigenvalue weighted by Crippen LogP contribution is -2.45. The van der Waals surface area contributed by atoms with Gasteiger partial charge in [0.05, 0.1) is 5.69 Å². The molecule has 3 rings (SSSR count). The van der Waals surface area contributed by atoms with Crippen LogP contribution in [0.1, 0.15) is 18.2 Å². The zero-order valence-corrected chi connectivity index (χ0v) is 12.2. The number of hydrogen-bond acceptors (Lipinski definition) is 5. The highest BCUT2D eigenvalue weighted by Crippen LogP contribution is 2.19. The fourth-order valence-corrected chi connectivity index (χ4v) is 2.73. The fourth-order valence-electron chi connectivity index (χ4n) is 2.73. The van der Waals surface area contributed by atoms with E-state index in [2.05, 4.69) is 21.8 Å². The number of aromatic nitrogens is 2. The largest absolute Gasteiger partial charge is 0.338 e. The maximum absolute atomic E-state index is 11.4. The molecule has 6 heteroatoms. The summed E-state index contributed by atoms with van der Waals surface area (Å²) in [6, 6.07) is 0. The van der Waals surface area contributed by atoms with Crippen LogP contribution >= 0.6 is 0 Å². The number of likely N-dealkylation sites (N-methyl/N-ethyl adjacent to an activating group) is 1. The number of amides is 1. The van der Waals surface area contributed by atoms with Crippen molar-refractivity contribution >= 4 is 11.9 Å². The molecule has 2 aliphatic rings. The number of piperazine rings is 1. The van der Waals surface area contributed by atoms with Gasteiger partial charge in [-0.2, -0.15) is 0 Å². The summed E-state index contributed by atoms with van der Waals surface area (Å²) >= 11 is 0. The summed E-state index contributed by atoms with van der Waals surface area (Å²) in [5.41, 5.74) is 2.19. The van der Waals surface area contributed by atoms with Gasteiger partial charge in [0.15, 0.2) is 0 Å². The predicted octanol–water partition coefficient (Wildman–Crippen LogP) is 0.133. The summed E-state index contributed by atoms with van der Waals surface area (Å²) in [6.45, 7) is 7.10. The van der Waals surface area contributed by atoms with E-state index in [1.54, 1.807) is 6.92 Å². The van der Waals surface area contributed by atoms with Gasteiger partial charge in [-0.25, -0.2) is 9.97 Å². The van der Waals surface area contributed by atoms with Gasteiger partial charge in [0.1, 0.15) is 0 Å². The number of carbonyl (C=O) groups excluding carboxylic acids is 1. The van der Waals surface area contributed by atoms with Gasteiger partial charge in [0.25, 0.3) is 0 Å². The van der Waals surface area contributed by atoms with Crippen molar-refractivity contribution in [2.24, 2.45) is 0 Å². The summed E-state index contributed by atoms with van der Waals surface area (Å²) in [4.78, 5) is 27.0. The third-order valence-corrected chi connectivity index (χ3v) is 4.15. The van der Waals surface area contributed by atoms with Crippen molar-refractivity contribution in [1.82, 2.24) is 19.8 Å². The lowest BCUT2D eigenvalue weighted by Gasteiger charge is -2.33. The highest BCUT2D eigenvalue weighted by Gasteiger charge is 2.22. The highest BCUT2D eigenvalue weighted by atomic mass is 16.2. The lowest BCUT2D eigenvalue weighted by atomic mass is 10.1. The summed E-state index contributed by atoms with van der Waals surface area (Å²) < 4.78 is 0. The Hall–Kier alpha value is -1.69. The molecule has 20 heavy (non-hydrogen) atoms. The van der Waals surface area contributed by atoms with Gasteiger partial charge in [0.2, 0.25) is 11.9 Å². The van der Waals surface area contributed by atoms with Crippen LogP contribution in [0.4, 0.5) is 5.95 Å². The van der Waals surface area contributed by atoms with Gasteiger partial charge in [-0.1, -0.05) is 0 Å². The SMILES string of the molecule is CC(=O)N1CCc2nc(N3CCN(C)CC3)ncc2C1. The summed E-state index contributed by atoms with van der Waals surface area (Å²) in [7, 11) is 2.14. The van der Waals surface area contributed by atoms with E-state index >= 15 is 0 Å². The Morgan fingerprint density at radius 3 is 2.65 bits per heavy atom. The molecule has 0 radical (unpaired) electrons. The minimum Gasteiger partial charge on any atom is -0.338 e. The molecule has 1 fully saturated rings. The van der Waals surface area contributed by atoms with E-state index in [9.17, 15) is 4.79 Å². The standard InChI is InChI=1S/C14H21N5O/c1-11(20)19-4-3-13-12(10-19)9-15-14(16-13)18-7-5-17(2)6-8-18/h9H,3-8,10H2,1-2H3. The molecule has 1 aromatic rings. The van der Waals surface area contributed by atoms with Crippen LogP contribution in [0.3, 0.4) is 0 Å². The normalized spacial score (nSPS) is 19.9. The highest BCUT2D eigenvalue weighted by molar-refractivity contribution is 5.73. The minimum atomic E-state index is 0.124. The second-order valence-corrected chi connectivity index (χ2v) is 5.62.